The van der Waals surface area contributed by atoms with E-state index in [2.05, 4.69) is 17.2 Å². The molecule has 2 aromatic rings. The second kappa shape index (κ2) is 6.82. The lowest BCUT2D eigenvalue weighted by Gasteiger charge is -2.05. The molecule has 5 heteroatoms. The van der Waals surface area contributed by atoms with Crippen molar-refractivity contribution in [1.82, 2.24) is 4.98 Å². The number of unbranched alkanes of at least 4 members (excludes halogenated alkanes) is 3. The maximum atomic E-state index is 11.8. The molecule has 0 bridgehead atoms. The standard InChI is InChI=1S/C14H18N2OS2/c1-2-3-4-5-6-13(17)15-10-7-8-11-12(9-10)19-14(18)16-11/h7-9H,2-6H2,1H3,(H,15,17)(H,16,18). The Balaban J connectivity index is 1.93. The van der Waals surface area contributed by atoms with Gasteiger partial charge in [-0.25, -0.2) is 0 Å². The number of carbonyl (C=O) groups is 1. The summed E-state index contributed by atoms with van der Waals surface area (Å²) < 4.78 is 1.84. The maximum absolute atomic E-state index is 11.8. The third-order valence-electron chi connectivity index (χ3n) is 2.96. The molecule has 2 rings (SSSR count). The van der Waals surface area contributed by atoms with E-state index in [-0.39, 0.29) is 5.91 Å². The van der Waals surface area contributed by atoms with Crippen LogP contribution in [-0.2, 0) is 4.79 Å². The van der Waals surface area contributed by atoms with Crippen LogP contribution in [0, 0.1) is 3.95 Å². The fourth-order valence-corrected chi connectivity index (χ4v) is 3.11. The Kier molecular flexibility index (Phi) is 5.10. The molecule has 0 radical (unpaired) electrons. The number of rotatable bonds is 6. The first-order chi connectivity index (χ1) is 9.19. The lowest BCUT2D eigenvalue weighted by atomic mass is 10.1. The summed E-state index contributed by atoms with van der Waals surface area (Å²) in [5.74, 6) is 0.0922. The van der Waals surface area contributed by atoms with Gasteiger partial charge >= 0.3 is 0 Å². The Bertz CT molecular complexity index is 615. The highest BCUT2D eigenvalue weighted by Crippen LogP contribution is 2.23. The number of thiazole rings is 1. The number of aromatic amines is 1. The largest absolute Gasteiger partial charge is 0.337 e. The second-order valence-corrected chi connectivity index (χ2v) is 6.30. The van der Waals surface area contributed by atoms with Gasteiger partial charge in [0, 0.05) is 12.1 Å². The van der Waals surface area contributed by atoms with Gasteiger partial charge in [-0.2, -0.15) is 0 Å². The molecule has 19 heavy (non-hydrogen) atoms. The Hall–Kier alpha value is -1.20. The zero-order valence-corrected chi connectivity index (χ0v) is 12.6. The van der Waals surface area contributed by atoms with Gasteiger partial charge in [-0.15, -0.1) is 11.3 Å². The highest BCUT2D eigenvalue weighted by molar-refractivity contribution is 7.73. The summed E-state index contributed by atoms with van der Waals surface area (Å²) in [7, 11) is 0. The average molecular weight is 294 g/mol. The lowest BCUT2D eigenvalue weighted by Crippen LogP contribution is -2.10. The second-order valence-electron chi connectivity index (χ2n) is 4.58. The smallest absolute Gasteiger partial charge is 0.224 e. The first-order valence-electron chi connectivity index (χ1n) is 6.62. The van der Waals surface area contributed by atoms with Crippen molar-refractivity contribution in [3.05, 3.63) is 22.2 Å². The topological polar surface area (TPSA) is 44.9 Å². The highest BCUT2D eigenvalue weighted by atomic mass is 32.1. The molecule has 1 aromatic carbocycles. The van der Waals surface area contributed by atoms with Crippen LogP contribution in [-0.4, -0.2) is 10.9 Å². The number of amides is 1. The van der Waals surface area contributed by atoms with Gasteiger partial charge in [0.25, 0.3) is 0 Å². The SMILES string of the molecule is CCCCCCC(=O)Nc1ccc2[nH]c(=S)sc2c1. The van der Waals surface area contributed by atoms with Crippen LogP contribution in [0.15, 0.2) is 18.2 Å². The molecule has 0 unspecified atom stereocenters. The summed E-state index contributed by atoms with van der Waals surface area (Å²) in [4.78, 5) is 14.9. The number of hydrogen-bond donors (Lipinski definition) is 2. The third kappa shape index (κ3) is 4.14. The minimum atomic E-state index is 0.0922. The van der Waals surface area contributed by atoms with Crippen LogP contribution in [0.1, 0.15) is 39.0 Å². The van der Waals surface area contributed by atoms with E-state index in [9.17, 15) is 4.79 Å². The molecular weight excluding hydrogens is 276 g/mol. The molecule has 102 valence electrons. The van der Waals surface area contributed by atoms with Gasteiger partial charge in [-0.1, -0.05) is 26.2 Å². The molecule has 1 amide bonds. The van der Waals surface area contributed by atoms with E-state index < -0.39 is 0 Å². The quantitative estimate of drug-likeness (QED) is 0.590. The van der Waals surface area contributed by atoms with E-state index in [1.807, 2.05) is 18.2 Å². The summed E-state index contributed by atoms with van der Waals surface area (Å²) >= 11 is 6.63. The zero-order valence-electron chi connectivity index (χ0n) is 11.0. The highest BCUT2D eigenvalue weighted by Gasteiger charge is 2.04. The van der Waals surface area contributed by atoms with E-state index in [1.165, 1.54) is 24.2 Å². The van der Waals surface area contributed by atoms with E-state index in [0.29, 0.717) is 6.42 Å². The molecule has 0 saturated carbocycles. The molecule has 3 nitrogen and oxygen atoms in total. The van der Waals surface area contributed by atoms with Gasteiger partial charge in [0.05, 0.1) is 10.2 Å². The number of anilines is 1. The Morgan fingerprint density at radius 2 is 2.21 bits per heavy atom. The molecule has 0 aliphatic heterocycles. The van der Waals surface area contributed by atoms with Crippen LogP contribution >= 0.6 is 23.6 Å². The van der Waals surface area contributed by atoms with Gasteiger partial charge in [-0.3, -0.25) is 4.79 Å². The molecule has 1 heterocycles. The zero-order chi connectivity index (χ0) is 13.7. The van der Waals surface area contributed by atoms with E-state index in [0.717, 1.165) is 32.7 Å². The van der Waals surface area contributed by atoms with E-state index in [4.69, 9.17) is 12.2 Å². The number of hydrogen-bond acceptors (Lipinski definition) is 3. The predicted molar refractivity (Wildman–Crippen MR) is 84.4 cm³/mol. The molecule has 0 atom stereocenters. The van der Waals surface area contributed by atoms with Crippen molar-refractivity contribution in [1.29, 1.82) is 0 Å². The van der Waals surface area contributed by atoms with E-state index >= 15 is 0 Å². The van der Waals surface area contributed by atoms with Crippen molar-refractivity contribution in [2.75, 3.05) is 5.32 Å². The van der Waals surface area contributed by atoms with Crippen molar-refractivity contribution in [2.24, 2.45) is 0 Å². The van der Waals surface area contributed by atoms with Gasteiger partial charge in [0.2, 0.25) is 5.91 Å². The number of benzene rings is 1. The minimum Gasteiger partial charge on any atom is -0.337 e. The number of fused-ring (bicyclic) bond motifs is 1. The number of carbonyl (C=O) groups excluding carboxylic acids is 1. The Morgan fingerprint density at radius 3 is 3.00 bits per heavy atom. The van der Waals surface area contributed by atoms with Crippen LogP contribution in [0.4, 0.5) is 5.69 Å². The van der Waals surface area contributed by atoms with Crippen LogP contribution < -0.4 is 5.32 Å². The summed E-state index contributed by atoms with van der Waals surface area (Å²) in [6.07, 6.45) is 5.08. The average Bonchev–Trinajstić information content (AvgIpc) is 2.74. The fraction of sp³-hybridized carbons (Fsp3) is 0.429. The molecule has 0 saturated heterocycles. The molecule has 2 N–H and O–H groups in total. The molecule has 1 aromatic heterocycles. The summed E-state index contributed by atoms with van der Waals surface area (Å²) in [6.45, 7) is 2.17. The van der Waals surface area contributed by atoms with Crippen LogP contribution in [0.5, 0.6) is 0 Å². The summed E-state index contributed by atoms with van der Waals surface area (Å²) in [5.41, 5.74) is 1.87. The van der Waals surface area contributed by atoms with Crippen LogP contribution in [0.2, 0.25) is 0 Å². The third-order valence-corrected chi connectivity index (χ3v) is 4.16. The monoisotopic (exact) mass is 294 g/mol. The van der Waals surface area contributed by atoms with Crippen molar-refractivity contribution < 1.29 is 4.79 Å². The Labute approximate surface area is 122 Å². The molecular formula is C14H18N2OS2. The first-order valence-corrected chi connectivity index (χ1v) is 7.84. The molecule has 0 fully saturated rings. The summed E-state index contributed by atoms with van der Waals surface area (Å²) in [6, 6.07) is 5.83. The fourth-order valence-electron chi connectivity index (χ4n) is 1.96. The lowest BCUT2D eigenvalue weighted by molar-refractivity contribution is -0.116. The van der Waals surface area contributed by atoms with Gasteiger partial charge in [-0.05, 0) is 36.8 Å². The number of nitrogens with one attached hydrogen (secondary N) is 2. The number of H-pyrrole nitrogens is 1. The van der Waals surface area contributed by atoms with Gasteiger partial charge < -0.3 is 10.3 Å². The summed E-state index contributed by atoms with van der Waals surface area (Å²) in [5, 5.41) is 2.94. The normalized spacial score (nSPS) is 10.8. The van der Waals surface area contributed by atoms with Gasteiger partial charge in [0.1, 0.15) is 0 Å². The van der Waals surface area contributed by atoms with Crippen LogP contribution in [0.3, 0.4) is 0 Å². The molecule has 0 spiro atoms. The van der Waals surface area contributed by atoms with Crippen molar-refractivity contribution >= 4 is 45.4 Å². The Morgan fingerprint density at radius 1 is 1.37 bits per heavy atom. The van der Waals surface area contributed by atoms with E-state index in [1.54, 1.807) is 0 Å². The van der Waals surface area contributed by atoms with Gasteiger partial charge in [0.15, 0.2) is 3.95 Å². The van der Waals surface area contributed by atoms with Crippen molar-refractivity contribution in [3.8, 4) is 0 Å². The molecule has 0 aliphatic rings. The predicted octanol–water partition coefficient (Wildman–Crippen LogP) is 4.87. The molecule has 0 aliphatic carbocycles. The van der Waals surface area contributed by atoms with Crippen LogP contribution in [0.25, 0.3) is 10.2 Å². The first kappa shape index (κ1) is 14.2. The van der Waals surface area contributed by atoms with Crippen molar-refractivity contribution in [3.63, 3.8) is 0 Å². The van der Waals surface area contributed by atoms with Crippen molar-refractivity contribution in [2.45, 2.75) is 39.0 Å². The number of aromatic nitrogens is 1. The minimum absolute atomic E-state index is 0.0922. The maximum Gasteiger partial charge on any atom is 0.224 e.